The molecule has 1 rings (SSSR count). The maximum atomic E-state index is 13.9. The predicted molar refractivity (Wildman–Crippen MR) is 85.5 cm³/mol. The topological polar surface area (TPSA) is 64.4 Å². The third kappa shape index (κ3) is 6.78. The van der Waals surface area contributed by atoms with Crippen molar-refractivity contribution in [3.63, 3.8) is 0 Å². The normalized spacial score (nSPS) is 12.0. The molecule has 120 valence electrons. The molecule has 1 aromatic rings. The van der Waals surface area contributed by atoms with Crippen LogP contribution in [0.4, 0.5) is 10.1 Å². The SMILES string of the molecule is CC(C)C[C@H](N)C(=O)Nc1ccc(OC(C)C)cc1F.Cl. The zero-order chi connectivity index (χ0) is 15.3. The molecule has 0 fully saturated rings. The molecular formula is C15H24ClFN2O2. The lowest BCUT2D eigenvalue weighted by atomic mass is 10.0. The first-order chi connectivity index (χ1) is 9.29. The molecule has 1 atom stereocenters. The molecule has 0 aliphatic carbocycles. The van der Waals surface area contributed by atoms with Crippen LogP contribution in [-0.4, -0.2) is 18.1 Å². The quantitative estimate of drug-likeness (QED) is 0.845. The molecule has 0 aromatic heterocycles. The van der Waals surface area contributed by atoms with Gasteiger partial charge >= 0.3 is 0 Å². The molecule has 0 aliphatic heterocycles. The summed E-state index contributed by atoms with van der Waals surface area (Å²) in [5, 5.41) is 2.50. The summed E-state index contributed by atoms with van der Waals surface area (Å²) >= 11 is 0. The highest BCUT2D eigenvalue weighted by atomic mass is 35.5. The van der Waals surface area contributed by atoms with E-state index in [0.29, 0.717) is 18.1 Å². The first-order valence-electron chi connectivity index (χ1n) is 6.82. The second-order valence-corrected chi connectivity index (χ2v) is 5.53. The van der Waals surface area contributed by atoms with Crippen LogP contribution in [-0.2, 0) is 4.79 Å². The predicted octanol–water partition coefficient (Wildman–Crippen LogP) is 3.35. The monoisotopic (exact) mass is 318 g/mol. The first-order valence-corrected chi connectivity index (χ1v) is 6.82. The lowest BCUT2D eigenvalue weighted by molar-refractivity contribution is -0.117. The zero-order valence-corrected chi connectivity index (χ0v) is 13.7. The maximum absolute atomic E-state index is 13.9. The van der Waals surface area contributed by atoms with E-state index >= 15 is 0 Å². The van der Waals surface area contributed by atoms with Gasteiger partial charge in [0.1, 0.15) is 11.6 Å². The standard InChI is InChI=1S/C15H23FN2O2.ClH/c1-9(2)7-13(17)15(19)18-14-6-5-11(8-12(14)16)20-10(3)4;/h5-6,8-10,13H,7,17H2,1-4H3,(H,18,19);1H/t13-;/m0./s1. The molecule has 0 heterocycles. The van der Waals surface area contributed by atoms with Crippen LogP contribution in [0.3, 0.4) is 0 Å². The zero-order valence-electron chi connectivity index (χ0n) is 12.9. The molecule has 0 unspecified atom stereocenters. The average molecular weight is 319 g/mol. The fraction of sp³-hybridized carbons (Fsp3) is 0.533. The Bertz CT molecular complexity index is 467. The number of carbonyl (C=O) groups excluding carboxylic acids is 1. The summed E-state index contributed by atoms with van der Waals surface area (Å²) in [4.78, 5) is 11.8. The number of carbonyl (C=O) groups is 1. The van der Waals surface area contributed by atoms with Gasteiger partial charge in [0.05, 0.1) is 17.8 Å². The van der Waals surface area contributed by atoms with E-state index in [-0.39, 0.29) is 30.1 Å². The van der Waals surface area contributed by atoms with E-state index in [1.807, 2.05) is 27.7 Å². The Balaban J connectivity index is 0.00000400. The van der Waals surface area contributed by atoms with Crippen LogP contribution < -0.4 is 15.8 Å². The first kappa shape index (κ1) is 19.7. The van der Waals surface area contributed by atoms with E-state index < -0.39 is 11.9 Å². The molecule has 0 radical (unpaired) electrons. The maximum Gasteiger partial charge on any atom is 0.241 e. The minimum absolute atomic E-state index is 0. The fourth-order valence-electron chi connectivity index (χ4n) is 1.78. The van der Waals surface area contributed by atoms with Crippen LogP contribution >= 0.6 is 12.4 Å². The second kappa shape index (κ2) is 8.85. The molecule has 6 heteroatoms. The number of amides is 1. The summed E-state index contributed by atoms with van der Waals surface area (Å²) in [6, 6.07) is 3.71. The number of benzene rings is 1. The van der Waals surface area contributed by atoms with Gasteiger partial charge in [-0.2, -0.15) is 0 Å². The van der Waals surface area contributed by atoms with Gasteiger partial charge in [0.15, 0.2) is 0 Å². The van der Waals surface area contributed by atoms with E-state index in [1.54, 1.807) is 6.07 Å². The Morgan fingerprint density at radius 1 is 1.33 bits per heavy atom. The van der Waals surface area contributed by atoms with Crippen LogP contribution in [0.15, 0.2) is 18.2 Å². The van der Waals surface area contributed by atoms with Crippen molar-refractivity contribution in [1.29, 1.82) is 0 Å². The number of nitrogens with two attached hydrogens (primary N) is 1. The van der Waals surface area contributed by atoms with Gasteiger partial charge in [0.25, 0.3) is 0 Å². The van der Waals surface area contributed by atoms with Crippen molar-refractivity contribution < 1.29 is 13.9 Å². The Morgan fingerprint density at radius 3 is 2.43 bits per heavy atom. The largest absolute Gasteiger partial charge is 0.491 e. The van der Waals surface area contributed by atoms with Gasteiger partial charge in [-0.05, 0) is 38.3 Å². The summed E-state index contributed by atoms with van der Waals surface area (Å²) in [5.41, 5.74) is 5.87. The van der Waals surface area contributed by atoms with Crippen molar-refractivity contribution in [2.75, 3.05) is 5.32 Å². The summed E-state index contributed by atoms with van der Waals surface area (Å²) in [6.45, 7) is 7.68. The van der Waals surface area contributed by atoms with E-state index in [1.165, 1.54) is 12.1 Å². The molecule has 0 bridgehead atoms. The van der Waals surface area contributed by atoms with Crippen molar-refractivity contribution in [2.24, 2.45) is 11.7 Å². The number of hydrogen-bond acceptors (Lipinski definition) is 3. The third-order valence-electron chi connectivity index (χ3n) is 2.63. The van der Waals surface area contributed by atoms with Crippen LogP contribution in [0.2, 0.25) is 0 Å². The highest BCUT2D eigenvalue weighted by Crippen LogP contribution is 2.21. The van der Waals surface area contributed by atoms with Gasteiger partial charge in [-0.3, -0.25) is 4.79 Å². The number of anilines is 1. The molecular weight excluding hydrogens is 295 g/mol. The van der Waals surface area contributed by atoms with Crippen molar-refractivity contribution >= 4 is 24.0 Å². The molecule has 21 heavy (non-hydrogen) atoms. The minimum Gasteiger partial charge on any atom is -0.491 e. The number of halogens is 2. The second-order valence-electron chi connectivity index (χ2n) is 5.53. The highest BCUT2D eigenvalue weighted by Gasteiger charge is 2.16. The molecule has 0 aliphatic rings. The number of nitrogens with one attached hydrogen (secondary N) is 1. The average Bonchev–Trinajstić information content (AvgIpc) is 2.30. The van der Waals surface area contributed by atoms with Crippen LogP contribution in [0.25, 0.3) is 0 Å². The molecule has 3 N–H and O–H groups in total. The molecule has 1 amide bonds. The van der Waals surface area contributed by atoms with Crippen LogP contribution in [0.1, 0.15) is 34.1 Å². The summed E-state index contributed by atoms with van der Waals surface area (Å²) in [5.74, 6) is -0.173. The van der Waals surface area contributed by atoms with Gasteiger partial charge in [-0.15, -0.1) is 12.4 Å². The number of ether oxygens (including phenoxy) is 1. The molecule has 0 saturated heterocycles. The third-order valence-corrected chi connectivity index (χ3v) is 2.63. The Kier molecular flexibility index (Phi) is 8.29. The molecule has 0 spiro atoms. The van der Waals surface area contributed by atoms with E-state index in [9.17, 15) is 9.18 Å². The molecule has 1 aromatic carbocycles. The summed E-state index contributed by atoms with van der Waals surface area (Å²) in [6.07, 6.45) is 0.524. The van der Waals surface area contributed by atoms with Gasteiger partial charge < -0.3 is 15.8 Å². The summed E-state index contributed by atoms with van der Waals surface area (Å²) < 4.78 is 19.2. The van der Waals surface area contributed by atoms with E-state index in [0.717, 1.165) is 0 Å². The lowest BCUT2D eigenvalue weighted by Crippen LogP contribution is -2.36. The van der Waals surface area contributed by atoms with Crippen molar-refractivity contribution in [3.8, 4) is 5.75 Å². The van der Waals surface area contributed by atoms with Gasteiger partial charge in [-0.1, -0.05) is 13.8 Å². The molecule has 0 saturated carbocycles. The van der Waals surface area contributed by atoms with Crippen molar-refractivity contribution in [3.05, 3.63) is 24.0 Å². The van der Waals surface area contributed by atoms with Crippen LogP contribution in [0.5, 0.6) is 5.75 Å². The Morgan fingerprint density at radius 2 is 1.95 bits per heavy atom. The smallest absolute Gasteiger partial charge is 0.241 e. The minimum atomic E-state index is -0.638. The van der Waals surface area contributed by atoms with Crippen molar-refractivity contribution in [2.45, 2.75) is 46.3 Å². The number of rotatable bonds is 6. The van der Waals surface area contributed by atoms with E-state index in [2.05, 4.69) is 5.32 Å². The summed E-state index contributed by atoms with van der Waals surface area (Å²) in [7, 11) is 0. The lowest BCUT2D eigenvalue weighted by Gasteiger charge is -2.15. The Labute approximate surface area is 131 Å². The Hall–Kier alpha value is -1.33. The van der Waals surface area contributed by atoms with E-state index in [4.69, 9.17) is 10.5 Å². The highest BCUT2D eigenvalue weighted by molar-refractivity contribution is 5.94. The molecule has 4 nitrogen and oxygen atoms in total. The van der Waals surface area contributed by atoms with Gasteiger partial charge in [0.2, 0.25) is 5.91 Å². The van der Waals surface area contributed by atoms with Gasteiger partial charge in [-0.25, -0.2) is 4.39 Å². The number of hydrogen-bond donors (Lipinski definition) is 2. The fourth-order valence-corrected chi connectivity index (χ4v) is 1.78. The van der Waals surface area contributed by atoms with Crippen LogP contribution in [0, 0.1) is 11.7 Å². The van der Waals surface area contributed by atoms with Crippen molar-refractivity contribution in [1.82, 2.24) is 0 Å². The van der Waals surface area contributed by atoms with Gasteiger partial charge in [0, 0.05) is 6.07 Å².